The number of nitrogens with zero attached hydrogens (tertiary/aromatic N) is 3. The average molecular weight is 571 g/mol. The minimum absolute atomic E-state index is 0.0426. The van der Waals surface area contributed by atoms with E-state index >= 15 is 0 Å². The lowest BCUT2D eigenvalue weighted by atomic mass is 9.91. The van der Waals surface area contributed by atoms with Gasteiger partial charge in [-0.2, -0.15) is 0 Å². The Hall–Kier alpha value is -3.35. The first-order chi connectivity index (χ1) is 19.1. The average Bonchev–Trinajstić information content (AvgIpc) is 3.59. The molecule has 0 saturated carbocycles. The fourth-order valence-electron chi connectivity index (χ4n) is 5.49. The third kappa shape index (κ3) is 4.99. The number of carbonyl (C=O) groups is 3. The van der Waals surface area contributed by atoms with E-state index < -0.39 is 40.8 Å². The summed E-state index contributed by atoms with van der Waals surface area (Å²) in [5.41, 5.74) is -0.321. The Kier molecular flexibility index (Phi) is 7.94. The van der Waals surface area contributed by atoms with Crippen molar-refractivity contribution < 1.29 is 33.4 Å². The molecule has 0 aliphatic carbocycles. The number of carboxylic acids is 1. The van der Waals surface area contributed by atoms with Gasteiger partial charge in [0.05, 0.1) is 42.2 Å². The van der Waals surface area contributed by atoms with Crippen LogP contribution >= 0.6 is 11.8 Å². The van der Waals surface area contributed by atoms with E-state index in [4.69, 9.17) is 13.9 Å². The molecule has 4 heterocycles. The first kappa shape index (κ1) is 28.2. The minimum Gasteiger partial charge on any atom is -0.496 e. The molecular formula is C28H34N4O7S. The van der Waals surface area contributed by atoms with Gasteiger partial charge in [-0.25, -0.2) is 19.5 Å². The molecule has 11 nitrogen and oxygen atoms in total. The summed E-state index contributed by atoms with van der Waals surface area (Å²) in [5.74, 6) is -1.64. The van der Waals surface area contributed by atoms with E-state index in [0.717, 1.165) is 36.4 Å². The van der Waals surface area contributed by atoms with Crippen molar-refractivity contribution in [2.75, 3.05) is 26.7 Å². The number of aliphatic carboxylic acids is 1. The Morgan fingerprint density at radius 2 is 2.00 bits per heavy atom. The number of ether oxygens (including phenoxy) is 2. The number of benzene rings is 1. The van der Waals surface area contributed by atoms with Gasteiger partial charge >= 0.3 is 12.0 Å². The van der Waals surface area contributed by atoms with Gasteiger partial charge in [-0.05, 0) is 58.3 Å². The number of oxazole rings is 1. The van der Waals surface area contributed by atoms with E-state index in [1.54, 1.807) is 18.9 Å². The van der Waals surface area contributed by atoms with Crippen LogP contribution in [0.4, 0.5) is 4.79 Å². The van der Waals surface area contributed by atoms with Gasteiger partial charge in [0.15, 0.2) is 0 Å². The summed E-state index contributed by atoms with van der Waals surface area (Å²) in [6.45, 7) is 6.27. The van der Waals surface area contributed by atoms with Crippen LogP contribution in [0.25, 0.3) is 4.91 Å². The standard InChI is InChI=1S/C28H34N4O7S/c1-16-21-24(33)32(28(2,3)26(34)35)27(36)31(25(21)40-22(16)23-30-13-14-38-23)15-20(39-17-9-11-29-12-10-17)18-7-5-6-8-19(18)37-4/h5-8,13-14,17,20-21,25,29H,9-12,15H2,1-4H3,(H,34,35). The number of carboxylic acid groups (broad SMARTS) is 1. The SMILES string of the molecule is COc1ccccc1C(CN1C(=O)N(C(C)(C)C(=O)O)C(=O)C2C(C)=C(c3ncco3)SC21)OC1CCNCC1. The van der Waals surface area contributed by atoms with E-state index in [-0.39, 0.29) is 12.6 Å². The highest BCUT2D eigenvalue weighted by Gasteiger charge is 2.57. The molecule has 3 aliphatic rings. The summed E-state index contributed by atoms with van der Waals surface area (Å²) in [7, 11) is 1.58. The first-order valence-electron chi connectivity index (χ1n) is 13.3. The molecule has 1 aromatic carbocycles. The molecule has 5 rings (SSSR count). The second-order valence-electron chi connectivity index (χ2n) is 10.6. The third-order valence-electron chi connectivity index (χ3n) is 7.78. The highest BCUT2D eigenvalue weighted by Crippen LogP contribution is 2.52. The van der Waals surface area contributed by atoms with Crippen molar-refractivity contribution >= 4 is 34.6 Å². The number of aromatic nitrogens is 1. The maximum atomic E-state index is 14.1. The van der Waals surface area contributed by atoms with E-state index in [0.29, 0.717) is 22.1 Å². The molecule has 3 unspecified atom stereocenters. The van der Waals surface area contributed by atoms with Crippen molar-refractivity contribution in [2.45, 2.75) is 56.7 Å². The number of para-hydroxylation sites is 1. The molecule has 2 fully saturated rings. The van der Waals surface area contributed by atoms with Crippen molar-refractivity contribution in [3.8, 4) is 5.75 Å². The molecular weight excluding hydrogens is 536 g/mol. The molecule has 40 heavy (non-hydrogen) atoms. The largest absolute Gasteiger partial charge is 0.496 e. The van der Waals surface area contributed by atoms with Gasteiger partial charge < -0.3 is 29.2 Å². The van der Waals surface area contributed by atoms with Gasteiger partial charge in [-0.1, -0.05) is 30.0 Å². The monoisotopic (exact) mass is 570 g/mol. The van der Waals surface area contributed by atoms with Gasteiger partial charge in [-0.15, -0.1) is 0 Å². The third-order valence-corrected chi connectivity index (χ3v) is 9.28. The highest BCUT2D eigenvalue weighted by molar-refractivity contribution is 8.09. The van der Waals surface area contributed by atoms with E-state index in [1.165, 1.54) is 38.1 Å². The molecule has 2 N–H and O–H groups in total. The Balaban J connectivity index is 1.57. The number of piperidine rings is 1. The van der Waals surface area contributed by atoms with Gasteiger partial charge in [0, 0.05) is 5.56 Å². The lowest BCUT2D eigenvalue weighted by Crippen LogP contribution is -2.67. The molecule has 3 atom stereocenters. The number of rotatable bonds is 9. The van der Waals surface area contributed by atoms with Gasteiger partial charge in [0.1, 0.15) is 23.7 Å². The number of fused-ring (bicyclic) bond motifs is 1. The molecule has 214 valence electrons. The van der Waals surface area contributed by atoms with E-state index in [9.17, 15) is 19.5 Å². The number of amides is 3. The topological polar surface area (TPSA) is 134 Å². The molecule has 2 saturated heterocycles. The molecule has 2 aromatic rings. The Morgan fingerprint density at radius 3 is 2.65 bits per heavy atom. The van der Waals surface area contributed by atoms with Crippen molar-refractivity contribution in [1.82, 2.24) is 20.1 Å². The summed E-state index contributed by atoms with van der Waals surface area (Å²) in [6, 6.07) is 6.82. The van der Waals surface area contributed by atoms with Crippen LogP contribution in [0.15, 0.2) is 46.7 Å². The Bertz CT molecular complexity index is 1310. The smallest absolute Gasteiger partial charge is 0.329 e. The lowest BCUT2D eigenvalue weighted by Gasteiger charge is -2.47. The predicted octanol–water partition coefficient (Wildman–Crippen LogP) is 3.74. The number of hydrogen-bond acceptors (Lipinski definition) is 9. The Labute approximate surface area is 236 Å². The molecule has 3 amide bonds. The van der Waals surface area contributed by atoms with Crippen LogP contribution in [-0.2, 0) is 14.3 Å². The number of methoxy groups -OCH3 is 1. The molecule has 3 aliphatic heterocycles. The van der Waals surface area contributed by atoms with E-state index in [2.05, 4.69) is 10.3 Å². The van der Waals surface area contributed by atoms with Gasteiger partial charge in [0.2, 0.25) is 11.8 Å². The normalized spacial score (nSPS) is 23.0. The van der Waals surface area contributed by atoms with Crippen molar-refractivity contribution in [3.63, 3.8) is 0 Å². The molecule has 1 aromatic heterocycles. The zero-order valence-corrected chi connectivity index (χ0v) is 23.8. The number of hydrogen-bond donors (Lipinski definition) is 2. The van der Waals surface area contributed by atoms with Crippen LogP contribution in [0, 0.1) is 5.92 Å². The molecule has 0 spiro atoms. The van der Waals surface area contributed by atoms with Crippen LogP contribution in [0.1, 0.15) is 51.2 Å². The van der Waals surface area contributed by atoms with E-state index in [1.807, 2.05) is 24.3 Å². The summed E-state index contributed by atoms with van der Waals surface area (Å²) in [5, 5.41) is 12.7. The quantitative estimate of drug-likeness (QED) is 0.459. The zero-order valence-electron chi connectivity index (χ0n) is 23.0. The summed E-state index contributed by atoms with van der Waals surface area (Å²) in [4.78, 5) is 47.7. The number of nitrogens with one attached hydrogen (secondary N) is 1. The van der Waals surface area contributed by atoms with Crippen molar-refractivity contribution in [2.24, 2.45) is 5.92 Å². The fourth-order valence-corrected chi connectivity index (χ4v) is 7.01. The van der Waals surface area contributed by atoms with Crippen LogP contribution in [0.2, 0.25) is 0 Å². The molecule has 0 bridgehead atoms. The van der Waals surface area contributed by atoms with Crippen LogP contribution in [-0.4, -0.2) is 81.6 Å². The van der Waals surface area contributed by atoms with Crippen LogP contribution in [0.5, 0.6) is 5.75 Å². The molecule has 0 radical (unpaired) electrons. The predicted molar refractivity (Wildman–Crippen MR) is 147 cm³/mol. The maximum Gasteiger partial charge on any atom is 0.329 e. The number of carbonyl (C=O) groups excluding carboxylic acids is 2. The van der Waals surface area contributed by atoms with Crippen LogP contribution < -0.4 is 10.1 Å². The van der Waals surface area contributed by atoms with Crippen molar-refractivity contribution in [1.29, 1.82) is 0 Å². The summed E-state index contributed by atoms with van der Waals surface area (Å²) < 4.78 is 17.9. The summed E-state index contributed by atoms with van der Waals surface area (Å²) >= 11 is 1.33. The highest BCUT2D eigenvalue weighted by atomic mass is 32.2. The maximum absolute atomic E-state index is 14.1. The summed E-state index contributed by atoms with van der Waals surface area (Å²) in [6.07, 6.45) is 3.97. The first-order valence-corrected chi connectivity index (χ1v) is 14.2. The minimum atomic E-state index is -1.77. The van der Waals surface area contributed by atoms with Crippen LogP contribution in [0.3, 0.4) is 0 Å². The number of urea groups is 1. The van der Waals surface area contributed by atoms with Crippen molar-refractivity contribution in [3.05, 3.63) is 53.8 Å². The lowest BCUT2D eigenvalue weighted by molar-refractivity contribution is -0.157. The fraction of sp³-hybridized carbons (Fsp3) is 0.500. The number of imide groups is 1. The second kappa shape index (κ2) is 11.3. The Morgan fingerprint density at radius 1 is 1.27 bits per heavy atom. The number of thioether (sulfide) groups is 1. The van der Waals surface area contributed by atoms with Gasteiger partial charge in [0.25, 0.3) is 0 Å². The van der Waals surface area contributed by atoms with Gasteiger partial charge in [-0.3, -0.25) is 4.79 Å². The zero-order chi connectivity index (χ0) is 28.6. The second-order valence-corrected chi connectivity index (χ2v) is 11.8. The molecule has 12 heteroatoms.